The molecule has 0 unspecified atom stereocenters. The van der Waals surface area contributed by atoms with Gasteiger partial charge in [-0.1, -0.05) is 11.6 Å². The SMILES string of the molecule is CCn1nc(C)c(Cl)c1COc1ccc(F)cc1. The van der Waals surface area contributed by atoms with Gasteiger partial charge in [-0.05, 0) is 38.1 Å². The fraction of sp³-hybridized carbons (Fsp3) is 0.308. The lowest BCUT2D eigenvalue weighted by Crippen LogP contribution is -2.06. The second-order valence-corrected chi connectivity index (χ2v) is 4.28. The summed E-state index contributed by atoms with van der Waals surface area (Å²) in [4.78, 5) is 0. The fourth-order valence-corrected chi connectivity index (χ4v) is 1.88. The Morgan fingerprint density at radius 1 is 1.33 bits per heavy atom. The molecule has 2 rings (SSSR count). The zero-order valence-electron chi connectivity index (χ0n) is 10.3. The van der Waals surface area contributed by atoms with Gasteiger partial charge in [0.05, 0.1) is 16.4 Å². The zero-order valence-corrected chi connectivity index (χ0v) is 11.0. The summed E-state index contributed by atoms with van der Waals surface area (Å²) < 4.78 is 20.1. The summed E-state index contributed by atoms with van der Waals surface area (Å²) in [6, 6.07) is 5.89. The Labute approximate surface area is 110 Å². The summed E-state index contributed by atoms with van der Waals surface area (Å²) in [7, 11) is 0. The average Bonchev–Trinajstić information content (AvgIpc) is 2.65. The number of ether oxygens (including phenoxy) is 1. The molecule has 0 bridgehead atoms. The quantitative estimate of drug-likeness (QED) is 0.847. The lowest BCUT2D eigenvalue weighted by atomic mass is 10.3. The Balaban J connectivity index is 2.12. The minimum atomic E-state index is -0.283. The molecule has 0 aliphatic carbocycles. The van der Waals surface area contributed by atoms with E-state index in [2.05, 4.69) is 5.10 Å². The third-order valence-electron chi connectivity index (χ3n) is 2.64. The van der Waals surface area contributed by atoms with Crippen LogP contribution in [0, 0.1) is 12.7 Å². The first-order valence-electron chi connectivity index (χ1n) is 5.72. The summed E-state index contributed by atoms with van der Waals surface area (Å²) in [6.45, 7) is 4.90. The van der Waals surface area contributed by atoms with E-state index in [-0.39, 0.29) is 5.82 Å². The van der Waals surface area contributed by atoms with Gasteiger partial charge in [0, 0.05) is 6.54 Å². The molecular formula is C13H14ClFN2O. The van der Waals surface area contributed by atoms with Crippen molar-refractivity contribution >= 4 is 11.6 Å². The van der Waals surface area contributed by atoms with Crippen molar-refractivity contribution in [2.75, 3.05) is 0 Å². The van der Waals surface area contributed by atoms with Crippen LogP contribution < -0.4 is 4.74 Å². The van der Waals surface area contributed by atoms with Crippen molar-refractivity contribution in [1.29, 1.82) is 0 Å². The second kappa shape index (κ2) is 5.40. The van der Waals surface area contributed by atoms with E-state index in [9.17, 15) is 4.39 Å². The van der Waals surface area contributed by atoms with Crippen molar-refractivity contribution in [1.82, 2.24) is 9.78 Å². The van der Waals surface area contributed by atoms with Crippen LogP contribution >= 0.6 is 11.6 Å². The van der Waals surface area contributed by atoms with Gasteiger partial charge in [-0.15, -0.1) is 0 Å². The highest BCUT2D eigenvalue weighted by Gasteiger charge is 2.12. The van der Waals surface area contributed by atoms with E-state index in [1.165, 1.54) is 12.1 Å². The number of aromatic nitrogens is 2. The molecule has 0 fully saturated rings. The van der Waals surface area contributed by atoms with Crippen molar-refractivity contribution in [3.8, 4) is 5.75 Å². The van der Waals surface area contributed by atoms with Crippen LogP contribution in [0.3, 0.4) is 0 Å². The molecule has 3 nitrogen and oxygen atoms in total. The number of aryl methyl sites for hydroxylation is 2. The maximum Gasteiger partial charge on any atom is 0.131 e. The molecular weight excluding hydrogens is 255 g/mol. The Morgan fingerprint density at radius 2 is 2.00 bits per heavy atom. The molecule has 18 heavy (non-hydrogen) atoms. The fourth-order valence-electron chi connectivity index (χ4n) is 1.69. The van der Waals surface area contributed by atoms with E-state index in [0.29, 0.717) is 17.4 Å². The van der Waals surface area contributed by atoms with E-state index in [0.717, 1.165) is 17.9 Å². The van der Waals surface area contributed by atoms with Gasteiger partial charge in [-0.3, -0.25) is 4.68 Å². The molecule has 0 aliphatic heterocycles. The molecule has 1 aromatic heterocycles. The third kappa shape index (κ3) is 2.64. The minimum Gasteiger partial charge on any atom is -0.487 e. The van der Waals surface area contributed by atoms with Crippen molar-refractivity contribution in [3.63, 3.8) is 0 Å². The average molecular weight is 269 g/mol. The number of hydrogen-bond donors (Lipinski definition) is 0. The molecule has 2 aromatic rings. The highest BCUT2D eigenvalue weighted by atomic mass is 35.5. The molecule has 1 aromatic carbocycles. The third-order valence-corrected chi connectivity index (χ3v) is 3.13. The minimum absolute atomic E-state index is 0.283. The van der Waals surface area contributed by atoms with Crippen LogP contribution in [0.5, 0.6) is 5.75 Å². The first-order valence-corrected chi connectivity index (χ1v) is 6.09. The van der Waals surface area contributed by atoms with Crippen molar-refractivity contribution in [2.24, 2.45) is 0 Å². The van der Waals surface area contributed by atoms with Crippen molar-refractivity contribution in [2.45, 2.75) is 27.0 Å². The number of rotatable bonds is 4. The molecule has 0 saturated heterocycles. The van der Waals surface area contributed by atoms with Gasteiger partial charge in [0.1, 0.15) is 18.2 Å². The summed E-state index contributed by atoms with van der Waals surface area (Å²) in [5, 5.41) is 4.92. The largest absolute Gasteiger partial charge is 0.487 e. The van der Waals surface area contributed by atoms with Gasteiger partial charge in [0.25, 0.3) is 0 Å². The van der Waals surface area contributed by atoms with Crippen LogP contribution in [-0.4, -0.2) is 9.78 Å². The smallest absolute Gasteiger partial charge is 0.131 e. The second-order valence-electron chi connectivity index (χ2n) is 3.90. The maximum absolute atomic E-state index is 12.7. The standard InChI is InChI=1S/C13H14ClFN2O/c1-3-17-12(13(14)9(2)16-17)8-18-11-6-4-10(15)5-7-11/h4-7H,3,8H2,1-2H3. The van der Waals surface area contributed by atoms with E-state index < -0.39 is 0 Å². The van der Waals surface area contributed by atoms with Crippen LogP contribution in [0.1, 0.15) is 18.3 Å². The van der Waals surface area contributed by atoms with Crippen molar-refractivity contribution in [3.05, 3.63) is 46.5 Å². The number of nitrogens with zero attached hydrogens (tertiary/aromatic N) is 2. The Hall–Kier alpha value is -1.55. The summed E-state index contributed by atoms with van der Waals surface area (Å²) in [5.74, 6) is 0.323. The topological polar surface area (TPSA) is 27.1 Å². The van der Waals surface area contributed by atoms with Crippen LogP contribution in [0.25, 0.3) is 0 Å². The van der Waals surface area contributed by atoms with Gasteiger partial charge in [0.2, 0.25) is 0 Å². The van der Waals surface area contributed by atoms with E-state index in [4.69, 9.17) is 16.3 Å². The molecule has 1 heterocycles. The van der Waals surface area contributed by atoms with Gasteiger partial charge < -0.3 is 4.74 Å². The lowest BCUT2D eigenvalue weighted by molar-refractivity contribution is 0.292. The first-order chi connectivity index (χ1) is 8.61. The van der Waals surface area contributed by atoms with Gasteiger partial charge in [-0.2, -0.15) is 5.10 Å². The van der Waals surface area contributed by atoms with Crippen LogP contribution in [0.15, 0.2) is 24.3 Å². The Bertz CT molecular complexity index is 537. The van der Waals surface area contributed by atoms with Crippen LogP contribution in [0.2, 0.25) is 5.02 Å². The Kier molecular flexibility index (Phi) is 3.87. The summed E-state index contributed by atoms with van der Waals surface area (Å²) in [5.41, 5.74) is 1.62. The van der Waals surface area contributed by atoms with E-state index in [1.54, 1.807) is 16.8 Å². The lowest BCUT2D eigenvalue weighted by Gasteiger charge is -2.08. The van der Waals surface area contributed by atoms with Gasteiger partial charge in [0.15, 0.2) is 0 Å². The van der Waals surface area contributed by atoms with Gasteiger partial charge in [-0.25, -0.2) is 4.39 Å². The molecule has 0 aliphatic rings. The molecule has 96 valence electrons. The molecule has 0 atom stereocenters. The highest BCUT2D eigenvalue weighted by Crippen LogP contribution is 2.22. The molecule has 0 N–H and O–H groups in total. The molecule has 0 saturated carbocycles. The number of hydrogen-bond acceptors (Lipinski definition) is 2. The summed E-state index contributed by atoms with van der Waals surface area (Å²) in [6.07, 6.45) is 0. The number of halogens is 2. The van der Waals surface area contributed by atoms with Crippen LogP contribution in [-0.2, 0) is 13.2 Å². The Morgan fingerprint density at radius 3 is 2.61 bits per heavy atom. The van der Waals surface area contributed by atoms with Crippen molar-refractivity contribution < 1.29 is 9.13 Å². The monoisotopic (exact) mass is 268 g/mol. The normalized spacial score (nSPS) is 10.7. The highest BCUT2D eigenvalue weighted by molar-refractivity contribution is 6.31. The molecule has 0 radical (unpaired) electrons. The molecule has 0 amide bonds. The molecule has 5 heteroatoms. The maximum atomic E-state index is 12.7. The van der Waals surface area contributed by atoms with Crippen LogP contribution in [0.4, 0.5) is 4.39 Å². The van der Waals surface area contributed by atoms with E-state index >= 15 is 0 Å². The predicted octanol–water partition coefficient (Wildman–Crippen LogP) is 3.58. The predicted molar refractivity (Wildman–Crippen MR) is 68.4 cm³/mol. The first kappa shape index (κ1) is 12.9. The zero-order chi connectivity index (χ0) is 13.1. The summed E-state index contributed by atoms with van der Waals surface area (Å²) >= 11 is 6.16. The van der Waals surface area contributed by atoms with E-state index in [1.807, 2.05) is 13.8 Å². The van der Waals surface area contributed by atoms with Gasteiger partial charge >= 0.3 is 0 Å². The number of benzene rings is 1. The molecule has 0 spiro atoms.